The van der Waals surface area contributed by atoms with Crippen LogP contribution in [0, 0.1) is 23.0 Å². The number of aliphatic hydroxyl groups is 1. The van der Waals surface area contributed by atoms with Crippen LogP contribution in [0.2, 0.25) is 0 Å². The first kappa shape index (κ1) is 26.1. The van der Waals surface area contributed by atoms with Gasteiger partial charge in [0.05, 0.1) is 11.6 Å². The average molecular weight is 500 g/mol. The highest BCUT2D eigenvalue weighted by molar-refractivity contribution is 5.82. The van der Waals surface area contributed by atoms with Crippen molar-refractivity contribution in [2.45, 2.75) is 64.8 Å². The number of hydrogen-bond donors (Lipinski definition) is 2. The maximum Gasteiger partial charge on any atom is 0.319 e. The summed E-state index contributed by atoms with van der Waals surface area (Å²) in [5.74, 6) is -1.34. The molecule has 4 unspecified atom stereocenters. The summed E-state index contributed by atoms with van der Waals surface area (Å²) < 4.78 is 27.7. The Labute approximate surface area is 211 Å². The predicted molar refractivity (Wildman–Crippen MR) is 134 cm³/mol. The molecule has 2 N–H and O–H groups in total. The van der Waals surface area contributed by atoms with E-state index in [1.165, 1.54) is 12.1 Å². The van der Waals surface area contributed by atoms with Crippen LogP contribution in [0.15, 0.2) is 53.6 Å². The molecule has 3 amide bonds. The maximum atomic E-state index is 13.9. The van der Waals surface area contributed by atoms with E-state index in [2.05, 4.69) is 17.5 Å². The first-order chi connectivity index (χ1) is 16.8. The summed E-state index contributed by atoms with van der Waals surface area (Å²) in [6, 6.07) is 2.58. The number of allylic oxidation sites excluding steroid dienone is 3. The SMILES string of the molecule is CC(c1cc(F)cc(F)c1)N(CC=CC1C=C2CC3(CC2=CC1)C(O)NC(=O)N3C)C(=O)C(C)(C)C. The van der Waals surface area contributed by atoms with Crippen molar-refractivity contribution >= 4 is 11.9 Å². The summed E-state index contributed by atoms with van der Waals surface area (Å²) in [4.78, 5) is 28.6. The fraction of sp³-hybridized carbons (Fsp3) is 0.500. The van der Waals surface area contributed by atoms with E-state index in [1.807, 2.05) is 32.9 Å². The number of rotatable bonds is 5. The van der Waals surface area contributed by atoms with E-state index in [0.29, 0.717) is 24.9 Å². The van der Waals surface area contributed by atoms with Gasteiger partial charge < -0.3 is 20.2 Å². The van der Waals surface area contributed by atoms with Gasteiger partial charge in [-0.2, -0.15) is 0 Å². The van der Waals surface area contributed by atoms with Crippen LogP contribution in [0.1, 0.15) is 58.6 Å². The largest absolute Gasteiger partial charge is 0.371 e. The second-order valence-corrected chi connectivity index (χ2v) is 11.2. The Morgan fingerprint density at radius 1 is 1.25 bits per heavy atom. The normalized spacial score (nSPS) is 26.7. The number of carbonyl (C=O) groups is 2. The van der Waals surface area contributed by atoms with E-state index in [4.69, 9.17) is 0 Å². The predicted octanol–water partition coefficient (Wildman–Crippen LogP) is 4.84. The Hall–Kier alpha value is -3.00. The Balaban J connectivity index is 1.50. The summed E-state index contributed by atoms with van der Waals surface area (Å²) in [7, 11) is 1.72. The number of carbonyl (C=O) groups excluding carboxylic acids is 2. The van der Waals surface area contributed by atoms with Gasteiger partial charge in [0.25, 0.3) is 0 Å². The lowest BCUT2D eigenvalue weighted by Gasteiger charge is -2.34. The molecule has 8 heteroatoms. The van der Waals surface area contributed by atoms with Crippen molar-refractivity contribution in [3.63, 3.8) is 0 Å². The topological polar surface area (TPSA) is 72.9 Å². The third-order valence-electron chi connectivity index (χ3n) is 7.62. The maximum absolute atomic E-state index is 13.9. The lowest BCUT2D eigenvalue weighted by Crippen LogP contribution is -2.47. The number of aliphatic hydroxyl groups excluding tert-OH is 1. The zero-order chi connectivity index (χ0) is 26.4. The molecular weight excluding hydrogens is 464 g/mol. The second kappa shape index (κ2) is 9.47. The molecule has 1 aliphatic heterocycles. The van der Waals surface area contributed by atoms with Gasteiger partial charge in [0.2, 0.25) is 5.91 Å². The summed E-state index contributed by atoms with van der Waals surface area (Å²) in [6.07, 6.45) is 9.38. The summed E-state index contributed by atoms with van der Waals surface area (Å²) in [6.45, 7) is 7.56. The van der Waals surface area contributed by atoms with Crippen LogP contribution >= 0.6 is 0 Å². The van der Waals surface area contributed by atoms with Gasteiger partial charge in [-0.05, 0) is 48.1 Å². The Morgan fingerprint density at radius 3 is 2.47 bits per heavy atom. The van der Waals surface area contributed by atoms with Gasteiger partial charge in [-0.3, -0.25) is 4.79 Å². The molecule has 1 saturated carbocycles. The van der Waals surface area contributed by atoms with Crippen molar-refractivity contribution in [3.05, 3.63) is 70.8 Å². The van der Waals surface area contributed by atoms with Crippen LogP contribution in [0.4, 0.5) is 13.6 Å². The molecule has 1 saturated heterocycles. The molecule has 4 rings (SSSR count). The first-order valence-corrected chi connectivity index (χ1v) is 12.4. The zero-order valence-electron chi connectivity index (χ0n) is 21.5. The minimum absolute atomic E-state index is 0.110. The number of nitrogens with zero attached hydrogens (tertiary/aromatic N) is 2. The second-order valence-electron chi connectivity index (χ2n) is 11.2. The monoisotopic (exact) mass is 499 g/mol. The van der Waals surface area contributed by atoms with Crippen molar-refractivity contribution in [1.29, 1.82) is 0 Å². The minimum Gasteiger partial charge on any atom is -0.371 e. The van der Waals surface area contributed by atoms with Crippen LogP contribution in [0.3, 0.4) is 0 Å². The van der Waals surface area contributed by atoms with Crippen LogP contribution in [-0.2, 0) is 4.79 Å². The van der Waals surface area contributed by atoms with Crippen molar-refractivity contribution < 1.29 is 23.5 Å². The van der Waals surface area contributed by atoms with Gasteiger partial charge in [0.15, 0.2) is 6.23 Å². The molecule has 4 atom stereocenters. The van der Waals surface area contributed by atoms with Crippen molar-refractivity contribution in [3.8, 4) is 0 Å². The van der Waals surface area contributed by atoms with Crippen molar-refractivity contribution in [1.82, 2.24) is 15.1 Å². The molecule has 0 aromatic heterocycles. The molecule has 2 fully saturated rings. The molecule has 0 bridgehead atoms. The smallest absolute Gasteiger partial charge is 0.319 e. The highest BCUT2D eigenvalue weighted by Gasteiger charge is 2.55. The number of hydrogen-bond acceptors (Lipinski definition) is 3. The highest BCUT2D eigenvalue weighted by atomic mass is 19.1. The molecule has 36 heavy (non-hydrogen) atoms. The molecule has 1 heterocycles. The highest BCUT2D eigenvalue weighted by Crippen LogP contribution is 2.48. The number of halogens is 2. The fourth-order valence-electron chi connectivity index (χ4n) is 5.41. The molecule has 6 nitrogen and oxygen atoms in total. The molecule has 1 aromatic carbocycles. The number of fused-ring (bicyclic) bond motifs is 1. The zero-order valence-corrected chi connectivity index (χ0v) is 21.5. The molecule has 2 aliphatic carbocycles. The van der Waals surface area contributed by atoms with Gasteiger partial charge in [-0.15, -0.1) is 0 Å². The summed E-state index contributed by atoms with van der Waals surface area (Å²) >= 11 is 0. The van der Waals surface area contributed by atoms with Gasteiger partial charge in [0, 0.05) is 37.9 Å². The summed E-state index contributed by atoms with van der Waals surface area (Å²) in [5.41, 5.74) is 1.39. The Morgan fingerprint density at radius 2 is 1.89 bits per heavy atom. The van der Waals surface area contributed by atoms with Gasteiger partial charge >= 0.3 is 6.03 Å². The number of likely N-dealkylation sites (N-methyl/N-ethyl adjacent to an activating group) is 1. The van der Waals surface area contributed by atoms with Crippen LogP contribution in [-0.4, -0.2) is 52.2 Å². The molecule has 1 spiro atoms. The van der Waals surface area contributed by atoms with Crippen molar-refractivity contribution in [2.75, 3.05) is 13.6 Å². The lowest BCUT2D eigenvalue weighted by molar-refractivity contribution is -0.141. The van der Waals surface area contributed by atoms with E-state index in [0.717, 1.165) is 23.6 Å². The lowest BCUT2D eigenvalue weighted by atomic mass is 9.91. The van der Waals surface area contributed by atoms with E-state index >= 15 is 0 Å². The van der Waals surface area contributed by atoms with Crippen LogP contribution in [0.5, 0.6) is 0 Å². The number of nitrogens with one attached hydrogen (secondary N) is 1. The molecule has 194 valence electrons. The molecule has 1 aromatic rings. The van der Waals surface area contributed by atoms with E-state index in [1.54, 1.807) is 23.8 Å². The first-order valence-electron chi connectivity index (χ1n) is 12.4. The van der Waals surface area contributed by atoms with Gasteiger partial charge in [-0.25, -0.2) is 13.6 Å². The number of amides is 3. The molecular formula is C28H35F2N3O3. The Bertz CT molecular complexity index is 1130. The van der Waals surface area contributed by atoms with E-state index in [-0.39, 0.29) is 17.9 Å². The summed E-state index contributed by atoms with van der Waals surface area (Å²) in [5, 5.41) is 13.1. The minimum atomic E-state index is -0.914. The van der Waals surface area contributed by atoms with Gasteiger partial charge in [-0.1, -0.05) is 45.1 Å². The van der Waals surface area contributed by atoms with E-state index in [9.17, 15) is 23.5 Å². The number of benzene rings is 1. The van der Waals surface area contributed by atoms with Gasteiger partial charge in [0.1, 0.15) is 11.6 Å². The fourth-order valence-corrected chi connectivity index (χ4v) is 5.41. The third kappa shape index (κ3) is 4.83. The quantitative estimate of drug-likeness (QED) is 0.570. The van der Waals surface area contributed by atoms with Crippen LogP contribution in [0.25, 0.3) is 0 Å². The van der Waals surface area contributed by atoms with E-state index < -0.39 is 34.9 Å². The molecule has 0 radical (unpaired) electrons. The third-order valence-corrected chi connectivity index (χ3v) is 7.62. The van der Waals surface area contributed by atoms with Crippen molar-refractivity contribution in [2.24, 2.45) is 11.3 Å². The standard InChI is InChI=1S/C28H35F2N3O3/c1-17(20-12-22(29)14-23(30)13-20)33(25(35)27(2,3)4)10-6-7-18-8-9-19-15-28(16-21(19)11-18)24(34)31-26(36)32(28)5/h6-7,9,11-14,17-18,24,34H,8,10,15-16H2,1-5H3,(H,31,36). The van der Waals surface area contributed by atoms with Crippen LogP contribution < -0.4 is 5.32 Å². The average Bonchev–Trinajstić information content (AvgIpc) is 3.27. The Kier molecular flexibility index (Phi) is 6.86. The number of urea groups is 1. The molecule has 3 aliphatic rings.